The van der Waals surface area contributed by atoms with E-state index in [0.29, 0.717) is 19.4 Å². The number of carbonyl (C=O) groups is 3. The van der Waals surface area contributed by atoms with Gasteiger partial charge in [-0.15, -0.1) is 0 Å². The van der Waals surface area contributed by atoms with Gasteiger partial charge in [0.15, 0.2) is 0 Å². The maximum absolute atomic E-state index is 13.5. The molecule has 120 valence electrons. The highest BCUT2D eigenvalue weighted by atomic mass is 16.2. The van der Waals surface area contributed by atoms with Gasteiger partial charge in [0.25, 0.3) is 0 Å². The Morgan fingerprint density at radius 3 is 2.65 bits per heavy atom. The van der Waals surface area contributed by atoms with Gasteiger partial charge < -0.3 is 4.90 Å². The number of benzene rings is 1. The van der Waals surface area contributed by atoms with Gasteiger partial charge in [-0.05, 0) is 42.7 Å². The average Bonchev–Trinajstić information content (AvgIpc) is 2.90. The summed E-state index contributed by atoms with van der Waals surface area (Å²) in [6.45, 7) is 4.46. The van der Waals surface area contributed by atoms with Gasteiger partial charge in [-0.25, -0.2) is 0 Å². The maximum Gasteiger partial charge on any atom is 0.241 e. The van der Waals surface area contributed by atoms with Crippen LogP contribution in [-0.4, -0.2) is 24.0 Å². The van der Waals surface area contributed by atoms with E-state index >= 15 is 0 Å². The Morgan fingerprint density at radius 2 is 1.96 bits per heavy atom. The number of rotatable bonds is 1. The molecule has 2 bridgehead atoms. The molecule has 23 heavy (non-hydrogen) atoms. The first-order valence-electron chi connectivity index (χ1n) is 8.40. The summed E-state index contributed by atoms with van der Waals surface area (Å²) in [5.74, 6) is -1.24. The third-order valence-electron chi connectivity index (χ3n) is 6.43. The third kappa shape index (κ3) is 1.59. The molecule has 1 aromatic carbocycles. The highest BCUT2D eigenvalue weighted by Gasteiger charge is 2.73. The van der Waals surface area contributed by atoms with Crippen LogP contribution >= 0.6 is 0 Å². The molecular formula is C19H21NO3. The van der Waals surface area contributed by atoms with E-state index < -0.39 is 16.6 Å². The fraction of sp³-hybridized carbons (Fsp3) is 0.526. The number of amides is 1. The first-order valence-corrected chi connectivity index (χ1v) is 8.40. The topological polar surface area (TPSA) is 54.5 Å². The molecule has 1 aromatic rings. The average molecular weight is 311 g/mol. The van der Waals surface area contributed by atoms with Crippen molar-refractivity contribution in [2.75, 3.05) is 11.4 Å². The van der Waals surface area contributed by atoms with Crippen molar-refractivity contribution in [2.45, 2.75) is 39.5 Å². The molecule has 0 spiro atoms. The van der Waals surface area contributed by atoms with Crippen LogP contribution in [0.25, 0.3) is 0 Å². The summed E-state index contributed by atoms with van der Waals surface area (Å²) < 4.78 is 0. The van der Waals surface area contributed by atoms with Crippen molar-refractivity contribution in [1.29, 1.82) is 0 Å². The van der Waals surface area contributed by atoms with Crippen molar-refractivity contribution in [3.8, 4) is 0 Å². The van der Waals surface area contributed by atoms with Crippen molar-refractivity contribution >= 4 is 23.2 Å². The number of nitrogens with zero attached hydrogens (tertiary/aromatic N) is 1. The van der Waals surface area contributed by atoms with E-state index in [1.807, 2.05) is 38.1 Å². The van der Waals surface area contributed by atoms with Crippen LogP contribution in [0, 0.1) is 16.7 Å². The molecule has 2 unspecified atom stereocenters. The molecular weight excluding hydrogens is 290 g/mol. The zero-order valence-electron chi connectivity index (χ0n) is 13.6. The van der Waals surface area contributed by atoms with Gasteiger partial charge in [0.05, 0.1) is 0 Å². The number of aryl methyl sites for hydroxylation is 1. The van der Waals surface area contributed by atoms with Gasteiger partial charge in [0, 0.05) is 18.2 Å². The van der Waals surface area contributed by atoms with E-state index in [1.165, 1.54) is 0 Å². The van der Waals surface area contributed by atoms with Crippen LogP contribution in [0.1, 0.15) is 38.7 Å². The summed E-state index contributed by atoms with van der Waals surface area (Å²) in [4.78, 5) is 40.2. The number of para-hydroxylation sites is 1. The molecule has 4 rings (SSSR count). The number of fused-ring (bicyclic) bond motifs is 3. The smallest absolute Gasteiger partial charge is 0.241 e. The lowest BCUT2D eigenvalue weighted by Gasteiger charge is -2.40. The SMILES string of the molecule is CC1(C)C2CCC1(C(=O)N1CCCc3ccccc31)C(=O)C2=O. The Hall–Kier alpha value is -1.97. The summed E-state index contributed by atoms with van der Waals surface area (Å²) in [6, 6.07) is 7.89. The van der Waals surface area contributed by atoms with Crippen molar-refractivity contribution in [3.05, 3.63) is 29.8 Å². The Bertz CT molecular complexity index is 736. The Kier molecular flexibility index (Phi) is 2.88. The van der Waals surface area contributed by atoms with E-state index in [9.17, 15) is 14.4 Å². The quantitative estimate of drug-likeness (QED) is 0.591. The fourth-order valence-corrected chi connectivity index (χ4v) is 5.03. The second-order valence-corrected chi connectivity index (χ2v) is 7.60. The Morgan fingerprint density at radius 1 is 1.22 bits per heavy atom. The van der Waals surface area contributed by atoms with E-state index in [1.54, 1.807) is 4.90 Å². The van der Waals surface area contributed by atoms with Gasteiger partial charge in [-0.2, -0.15) is 0 Å². The summed E-state index contributed by atoms with van der Waals surface area (Å²) in [7, 11) is 0. The lowest BCUT2D eigenvalue weighted by molar-refractivity contribution is -0.148. The molecule has 0 saturated heterocycles. The second kappa shape index (κ2) is 4.53. The predicted molar refractivity (Wildman–Crippen MR) is 86.1 cm³/mol. The van der Waals surface area contributed by atoms with Crippen molar-refractivity contribution in [2.24, 2.45) is 16.7 Å². The van der Waals surface area contributed by atoms with Crippen molar-refractivity contribution < 1.29 is 14.4 Å². The molecule has 1 amide bonds. The Labute approximate surface area is 135 Å². The molecule has 2 aliphatic carbocycles. The van der Waals surface area contributed by atoms with Gasteiger partial charge in [0.2, 0.25) is 17.5 Å². The highest BCUT2D eigenvalue weighted by molar-refractivity contribution is 6.48. The van der Waals surface area contributed by atoms with Crippen LogP contribution < -0.4 is 4.90 Å². The number of hydrogen-bond donors (Lipinski definition) is 0. The van der Waals surface area contributed by atoms with Crippen LogP contribution in [0.2, 0.25) is 0 Å². The van der Waals surface area contributed by atoms with E-state index in [-0.39, 0.29) is 17.6 Å². The molecule has 1 aliphatic heterocycles. The van der Waals surface area contributed by atoms with Crippen LogP contribution in [0.4, 0.5) is 5.69 Å². The standard InChI is InChI=1S/C19H21NO3/c1-18(2)13-9-10-19(18,16(22)15(13)21)17(23)20-11-5-7-12-6-3-4-8-14(12)20/h3-4,6,8,13H,5,7,9-11H2,1-2H3. The number of hydrogen-bond acceptors (Lipinski definition) is 3. The van der Waals surface area contributed by atoms with Gasteiger partial charge in [-0.3, -0.25) is 14.4 Å². The first kappa shape index (κ1) is 14.6. The number of carbonyl (C=O) groups excluding carboxylic acids is 3. The molecule has 2 saturated carbocycles. The monoisotopic (exact) mass is 311 g/mol. The third-order valence-corrected chi connectivity index (χ3v) is 6.43. The first-order chi connectivity index (χ1) is 10.9. The van der Waals surface area contributed by atoms with Crippen molar-refractivity contribution in [3.63, 3.8) is 0 Å². The zero-order chi connectivity index (χ0) is 16.4. The van der Waals surface area contributed by atoms with Gasteiger partial charge >= 0.3 is 0 Å². The lowest BCUT2D eigenvalue weighted by Crippen LogP contribution is -2.53. The fourth-order valence-electron chi connectivity index (χ4n) is 5.03. The number of Topliss-reactive ketones (excluding diaryl/α,β-unsaturated/α-hetero) is 2. The molecule has 4 nitrogen and oxygen atoms in total. The minimum atomic E-state index is -1.15. The molecule has 3 aliphatic rings. The van der Waals surface area contributed by atoms with Crippen LogP contribution in [0.5, 0.6) is 0 Å². The van der Waals surface area contributed by atoms with Crippen LogP contribution in [-0.2, 0) is 20.8 Å². The summed E-state index contributed by atoms with van der Waals surface area (Å²) in [5, 5.41) is 0. The molecule has 0 radical (unpaired) electrons. The Balaban J connectivity index is 1.81. The summed E-state index contributed by atoms with van der Waals surface area (Å²) in [5.41, 5.74) is 0.321. The number of anilines is 1. The van der Waals surface area contributed by atoms with E-state index in [0.717, 1.165) is 24.1 Å². The zero-order valence-corrected chi connectivity index (χ0v) is 13.6. The molecule has 0 N–H and O–H groups in total. The second-order valence-electron chi connectivity index (χ2n) is 7.60. The predicted octanol–water partition coefficient (Wildman–Crippen LogP) is 2.54. The van der Waals surface area contributed by atoms with Crippen LogP contribution in [0.15, 0.2) is 24.3 Å². The van der Waals surface area contributed by atoms with E-state index in [4.69, 9.17) is 0 Å². The lowest BCUT2D eigenvalue weighted by atomic mass is 9.67. The minimum Gasteiger partial charge on any atom is -0.311 e. The summed E-state index contributed by atoms with van der Waals surface area (Å²) in [6.07, 6.45) is 3.00. The van der Waals surface area contributed by atoms with Crippen LogP contribution in [0.3, 0.4) is 0 Å². The van der Waals surface area contributed by atoms with Gasteiger partial charge in [-0.1, -0.05) is 32.0 Å². The largest absolute Gasteiger partial charge is 0.311 e. The summed E-state index contributed by atoms with van der Waals surface area (Å²) >= 11 is 0. The van der Waals surface area contributed by atoms with E-state index in [2.05, 4.69) is 0 Å². The maximum atomic E-state index is 13.5. The normalized spacial score (nSPS) is 31.4. The highest BCUT2D eigenvalue weighted by Crippen LogP contribution is 2.63. The number of ketones is 2. The minimum absolute atomic E-state index is 0.159. The van der Waals surface area contributed by atoms with Gasteiger partial charge in [0.1, 0.15) is 5.41 Å². The molecule has 2 fully saturated rings. The molecule has 0 aromatic heterocycles. The molecule has 1 heterocycles. The van der Waals surface area contributed by atoms with Crippen molar-refractivity contribution in [1.82, 2.24) is 0 Å². The molecule has 2 atom stereocenters. The molecule has 4 heteroatoms.